The van der Waals surface area contributed by atoms with E-state index in [1.165, 1.54) is 12.0 Å². The standard InChI is InChI=1S/C24H31N5O/c1-24(2,3)22(30)19-12-25-23-21(19)27-20(13-26-23)17-8-6-7-16(11-17)14-29-10-9-18(15-29)28(4)5/h6-8,11-13,18H,9-10,14-15H2,1-5H3,(H,25,26). The molecule has 0 saturated carbocycles. The molecular weight excluding hydrogens is 374 g/mol. The van der Waals surface area contributed by atoms with Crippen LogP contribution in [0, 0.1) is 5.41 Å². The smallest absolute Gasteiger partial charge is 0.171 e. The van der Waals surface area contributed by atoms with Crippen LogP contribution in [0.2, 0.25) is 0 Å². The Kier molecular flexibility index (Phi) is 5.47. The molecule has 0 bridgehead atoms. The lowest BCUT2D eigenvalue weighted by molar-refractivity contribution is 0.0860. The molecule has 30 heavy (non-hydrogen) atoms. The summed E-state index contributed by atoms with van der Waals surface area (Å²) in [6, 6.07) is 9.13. The number of nitrogens with zero attached hydrogens (tertiary/aromatic N) is 4. The molecule has 1 atom stereocenters. The van der Waals surface area contributed by atoms with Crippen molar-refractivity contribution < 1.29 is 4.79 Å². The van der Waals surface area contributed by atoms with Crippen LogP contribution in [0.4, 0.5) is 0 Å². The first-order valence-electron chi connectivity index (χ1n) is 10.6. The van der Waals surface area contributed by atoms with Crippen LogP contribution in [0.5, 0.6) is 0 Å². The molecule has 1 aliphatic rings. The van der Waals surface area contributed by atoms with Gasteiger partial charge in [0.05, 0.1) is 17.5 Å². The Morgan fingerprint density at radius 1 is 1.30 bits per heavy atom. The number of likely N-dealkylation sites (N-methyl/N-ethyl adjacent to an activating group) is 1. The summed E-state index contributed by atoms with van der Waals surface area (Å²) in [6.07, 6.45) is 4.72. The first-order valence-corrected chi connectivity index (χ1v) is 10.6. The zero-order valence-corrected chi connectivity index (χ0v) is 18.6. The lowest BCUT2D eigenvalue weighted by Crippen LogP contribution is -2.31. The maximum Gasteiger partial charge on any atom is 0.171 e. The number of carbonyl (C=O) groups is 1. The van der Waals surface area contributed by atoms with Crippen LogP contribution in [0.1, 0.15) is 43.1 Å². The Hall–Kier alpha value is -2.57. The fraction of sp³-hybridized carbons (Fsp3) is 0.458. The molecule has 0 radical (unpaired) electrons. The predicted octanol–water partition coefficient (Wildman–Crippen LogP) is 3.99. The number of aromatic nitrogens is 3. The van der Waals surface area contributed by atoms with Crippen molar-refractivity contribution in [3.63, 3.8) is 0 Å². The Morgan fingerprint density at radius 2 is 2.10 bits per heavy atom. The van der Waals surface area contributed by atoms with E-state index in [1.54, 1.807) is 12.4 Å². The summed E-state index contributed by atoms with van der Waals surface area (Å²) in [5.41, 5.74) is 4.52. The number of hydrogen-bond donors (Lipinski definition) is 1. The number of H-pyrrole nitrogens is 1. The molecule has 6 heteroatoms. The lowest BCUT2D eigenvalue weighted by atomic mass is 9.87. The second-order valence-electron chi connectivity index (χ2n) is 9.58. The van der Waals surface area contributed by atoms with E-state index in [2.05, 4.69) is 58.1 Å². The predicted molar refractivity (Wildman–Crippen MR) is 120 cm³/mol. The summed E-state index contributed by atoms with van der Waals surface area (Å²) in [5, 5.41) is 0. The highest BCUT2D eigenvalue weighted by atomic mass is 16.1. The third-order valence-electron chi connectivity index (χ3n) is 5.91. The van der Waals surface area contributed by atoms with Crippen molar-refractivity contribution >= 4 is 16.9 Å². The second-order valence-corrected chi connectivity index (χ2v) is 9.58. The molecule has 3 heterocycles. The highest BCUT2D eigenvalue weighted by molar-refractivity contribution is 6.08. The molecule has 1 aliphatic heterocycles. The molecular formula is C24H31N5O. The number of fused-ring (bicyclic) bond motifs is 1. The zero-order valence-electron chi connectivity index (χ0n) is 18.6. The Balaban J connectivity index is 1.60. The van der Waals surface area contributed by atoms with E-state index in [0.717, 1.165) is 30.9 Å². The molecule has 6 nitrogen and oxygen atoms in total. The lowest BCUT2D eigenvalue weighted by Gasteiger charge is -2.20. The third-order valence-corrected chi connectivity index (χ3v) is 5.91. The van der Waals surface area contributed by atoms with Crippen LogP contribution in [0.3, 0.4) is 0 Å². The van der Waals surface area contributed by atoms with Gasteiger partial charge in [0.2, 0.25) is 0 Å². The van der Waals surface area contributed by atoms with Crippen LogP contribution in [-0.4, -0.2) is 63.8 Å². The third kappa shape index (κ3) is 4.16. The maximum atomic E-state index is 12.8. The Morgan fingerprint density at radius 3 is 2.80 bits per heavy atom. The monoisotopic (exact) mass is 405 g/mol. The molecule has 1 N–H and O–H groups in total. The second kappa shape index (κ2) is 7.93. The van der Waals surface area contributed by atoms with E-state index in [-0.39, 0.29) is 5.78 Å². The van der Waals surface area contributed by atoms with Gasteiger partial charge in [0, 0.05) is 42.9 Å². The van der Waals surface area contributed by atoms with Gasteiger partial charge in [-0.05, 0) is 32.1 Å². The number of aromatic amines is 1. The molecule has 1 aromatic carbocycles. The average molecular weight is 406 g/mol. The number of ketones is 1. The minimum absolute atomic E-state index is 0.0680. The number of likely N-dealkylation sites (tertiary alicyclic amines) is 1. The molecule has 4 rings (SSSR count). The van der Waals surface area contributed by atoms with Crippen molar-refractivity contribution in [1.29, 1.82) is 0 Å². The topological polar surface area (TPSA) is 65.1 Å². The molecule has 2 aromatic heterocycles. The van der Waals surface area contributed by atoms with Gasteiger partial charge in [-0.25, -0.2) is 9.97 Å². The van der Waals surface area contributed by atoms with Crippen molar-refractivity contribution in [2.75, 3.05) is 27.2 Å². The molecule has 0 aliphatic carbocycles. The summed E-state index contributed by atoms with van der Waals surface area (Å²) in [7, 11) is 4.31. The molecule has 3 aromatic rings. The van der Waals surface area contributed by atoms with E-state index in [4.69, 9.17) is 4.98 Å². The normalized spacial score (nSPS) is 17.9. The molecule has 158 valence electrons. The summed E-state index contributed by atoms with van der Waals surface area (Å²) in [6.45, 7) is 8.94. The highest BCUT2D eigenvalue weighted by Gasteiger charge is 2.27. The van der Waals surface area contributed by atoms with Gasteiger partial charge in [0.15, 0.2) is 11.4 Å². The van der Waals surface area contributed by atoms with Gasteiger partial charge >= 0.3 is 0 Å². The number of carbonyl (C=O) groups excluding carboxylic acids is 1. The van der Waals surface area contributed by atoms with Gasteiger partial charge in [-0.3, -0.25) is 9.69 Å². The van der Waals surface area contributed by atoms with Gasteiger partial charge < -0.3 is 9.88 Å². The van der Waals surface area contributed by atoms with Crippen molar-refractivity contribution in [2.45, 2.75) is 39.8 Å². The zero-order chi connectivity index (χ0) is 21.5. The van der Waals surface area contributed by atoms with Crippen molar-refractivity contribution in [3.8, 4) is 11.3 Å². The summed E-state index contributed by atoms with van der Waals surface area (Å²) >= 11 is 0. The van der Waals surface area contributed by atoms with E-state index >= 15 is 0 Å². The minimum atomic E-state index is -0.465. The van der Waals surface area contributed by atoms with Gasteiger partial charge in [0.25, 0.3) is 0 Å². The fourth-order valence-electron chi connectivity index (χ4n) is 4.07. The van der Waals surface area contributed by atoms with Gasteiger partial charge in [-0.1, -0.05) is 39.0 Å². The van der Waals surface area contributed by atoms with Crippen LogP contribution in [0.15, 0.2) is 36.7 Å². The molecule has 0 amide bonds. The van der Waals surface area contributed by atoms with Crippen molar-refractivity contribution in [1.82, 2.24) is 24.8 Å². The first-order chi connectivity index (χ1) is 14.2. The van der Waals surface area contributed by atoms with Crippen LogP contribution >= 0.6 is 0 Å². The number of nitrogens with one attached hydrogen (secondary N) is 1. The van der Waals surface area contributed by atoms with Crippen LogP contribution in [-0.2, 0) is 6.54 Å². The van der Waals surface area contributed by atoms with Crippen molar-refractivity contribution in [3.05, 3.63) is 47.8 Å². The SMILES string of the molecule is CN(C)C1CCN(Cc2cccc(-c3cnc4[nH]cc(C(=O)C(C)(C)C)c4n3)c2)C1. The summed E-state index contributed by atoms with van der Waals surface area (Å²) < 4.78 is 0. The van der Waals surface area contributed by atoms with Crippen LogP contribution < -0.4 is 0 Å². The molecule has 1 unspecified atom stereocenters. The van der Waals surface area contributed by atoms with E-state index in [0.29, 0.717) is 22.8 Å². The fourth-order valence-corrected chi connectivity index (χ4v) is 4.07. The number of rotatable bonds is 5. The highest BCUT2D eigenvalue weighted by Crippen LogP contribution is 2.27. The van der Waals surface area contributed by atoms with Crippen LogP contribution in [0.25, 0.3) is 22.4 Å². The average Bonchev–Trinajstić information content (AvgIpc) is 3.33. The number of hydrogen-bond acceptors (Lipinski definition) is 5. The van der Waals surface area contributed by atoms with Gasteiger partial charge in [-0.2, -0.15) is 0 Å². The van der Waals surface area contributed by atoms with E-state index in [9.17, 15) is 4.79 Å². The first kappa shape index (κ1) is 20.7. The molecule has 1 fully saturated rings. The number of Topliss-reactive ketones (excluding diaryl/α,β-unsaturated/α-hetero) is 1. The van der Waals surface area contributed by atoms with Gasteiger partial charge in [0.1, 0.15) is 5.52 Å². The maximum absolute atomic E-state index is 12.8. The van der Waals surface area contributed by atoms with E-state index < -0.39 is 5.41 Å². The summed E-state index contributed by atoms with van der Waals surface area (Å²) in [4.78, 5) is 30.1. The molecule has 0 spiro atoms. The number of benzene rings is 1. The minimum Gasteiger partial charge on any atom is -0.344 e. The van der Waals surface area contributed by atoms with E-state index in [1.807, 2.05) is 20.8 Å². The van der Waals surface area contributed by atoms with Crippen molar-refractivity contribution in [2.24, 2.45) is 5.41 Å². The Bertz CT molecular complexity index is 1060. The quantitative estimate of drug-likeness (QED) is 0.650. The Labute approximate surface area is 178 Å². The van der Waals surface area contributed by atoms with Gasteiger partial charge in [-0.15, -0.1) is 0 Å². The largest absolute Gasteiger partial charge is 0.344 e. The summed E-state index contributed by atoms with van der Waals surface area (Å²) in [5.74, 6) is 0.0680. The molecule has 1 saturated heterocycles.